The van der Waals surface area contributed by atoms with Gasteiger partial charge in [-0.3, -0.25) is 10.1 Å². The maximum atomic E-state index is 13.1. The molecule has 2 aliphatic rings. The Morgan fingerprint density at radius 2 is 2.11 bits per heavy atom. The summed E-state index contributed by atoms with van der Waals surface area (Å²) in [5.74, 6) is -0.696. The van der Waals surface area contributed by atoms with Crippen molar-refractivity contribution < 1.29 is 22.3 Å². The highest BCUT2D eigenvalue weighted by Gasteiger charge is 2.31. The molecule has 1 aromatic carbocycles. The number of carbonyl (C=O) groups is 1. The van der Waals surface area contributed by atoms with Crippen molar-refractivity contribution >= 4 is 32.4 Å². The van der Waals surface area contributed by atoms with Gasteiger partial charge in [0.15, 0.2) is 5.13 Å². The third-order valence-electron chi connectivity index (χ3n) is 4.60. The maximum absolute atomic E-state index is 13.1. The molecule has 3 heterocycles. The number of halogens is 1. The van der Waals surface area contributed by atoms with E-state index in [1.807, 2.05) is 0 Å². The number of sulfonamides is 1. The van der Waals surface area contributed by atoms with E-state index < -0.39 is 21.9 Å². The lowest BCUT2D eigenvalue weighted by Crippen LogP contribution is -2.35. The molecule has 0 radical (unpaired) electrons. The lowest BCUT2D eigenvalue weighted by atomic mass is 10.2. The summed E-state index contributed by atoms with van der Waals surface area (Å²) in [5, 5.41) is 3.23. The van der Waals surface area contributed by atoms with Crippen molar-refractivity contribution in [3.63, 3.8) is 0 Å². The number of aromatic nitrogens is 1. The highest BCUT2D eigenvalue weighted by molar-refractivity contribution is 7.89. The van der Waals surface area contributed by atoms with Crippen LogP contribution in [0.2, 0.25) is 0 Å². The van der Waals surface area contributed by atoms with Crippen LogP contribution in [0.4, 0.5) is 9.52 Å². The first-order valence-electron chi connectivity index (χ1n) is 8.60. The Labute approximate surface area is 160 Å². The largest absolute Gasteiger partial charge is 0.368 e. The fraction of sp³-hybridized carbons (Fsp3) is 0.412. The van der Waals surface area contributed by atoms with Gasteiger partial charge >= 0.3 is 0 Å². The Morgan fingerprint density at radius 3 is 2.81 bits per heavy atom. The van der Waals surface area contributed by atoms with Gasteiger partial charge < -0.3 is 4.74 Å². The molecule has 2 aliphatic heterocycles. The molecule has 1 saturated heterocycles. The second-order valence-electron chi connectivity index (χ2n) is 6.42. The summed E-state index contributed by atoms with van der Waals surface area (Å²) in [6, 6.07) is 4.79. The lowest BCUT2D eigenvalue weighted by Gasteiger charge is -2.25. The molecule has 1 amide bonds. The Balaban J connectivity index is 1.49. The van der Waals surface area contributed by atoms with Crippen LogP contribution < -0.4 is 5.32 Å². The van der Waals surface area contributed by atoms with E-state index in [0.29, 0.717) is 24.6 Å². The van der Waals surface area contributed by atoms with Gasteiger partial charge in [-0.05, 0) is 37.1 Å². The molecule has 1 atom stereocenters. The van der Waals surface area contributed by atoms with Crippen LogP contribution in [-0.2, 0) is 32.5 Å². The minimum absolute atomic E-state index is 0.0590. The van der Waals surface area contributed by atoms with Crippen LogP contribution in [0.3, 0.4) is 0 Å². The number of carbonyl (C=O) groups excluding carboxylic acids is 1. The zero-order chi connectivity index (χ0) is 19.0. The zero-order valence-corrected chi connectivity index (χ0v) is 16.0. The molecular weight excluding hydrogens is 393 g/mol. The normalized spacial score (nSPS) is 20.4. The van der Waals surface area contributed by atoms with Crippen molar-refractivity contribution in [3.8, 4) is 0 Å². The number of nitrogens with one attached hydrogen (secondary N) is 1. The second kappa shape index (κ2) is 7.27. The van der Waals surface area contributed by atoms with Gasteiger partial charge in [-0.15, -0.1) is 11.3 Å². The Hall–Kier alpha value is -1.88. The fourth-order valence-corrected chi connectivity index (χ4v) is 5.67. The summed E-state index contributed by atoms with van der Waals surface area (Å²) in [6.07, 6.45) is 1.58. The van der Waals surface area contributed by atoms with Gasteiger partial charge in [0.05, 0.1) is 17.1 Å². The number of amides is 1. The Bertz CT molecular complexity index is 953. The predicted octanol–water partition coefficient (Wildman–Crippen LogP) is 2.15. The topological polar surface area (TPSA) is 88.6 Å². The van der Waals surface area contributed by atoms with Gasteiger partial charge in [0.2, 0.25) is 10.0 Å². The van der Waals surface area contributed by atoms with Gasteiger partial charge in [-0.25, -0.2) is 17.8 Å². The average Bonchev–Trinajstić information content (AvgIpc) is 3.30. The van der Waals surface area contributed by atoms with Crippen LogP contribution >= 0.6 is 11.3 Å². The lowest BCUT2D eigenvalue weighted by molar-refractivity contribution is -0.124. The molecule has 0 aliphatic carbocycles. The molecule has 27 heavy (non-hydrogen) atoms. The second-order valence-corrected chi connectivity index (χ2v) is 9.44. The van der Waals surface area contributed by atoms with Crippen LogP contribution in [0.1, 0.15) is 23.4 Å². The first-order valence-corrected chi connectivity index (χ1v) is 10.9. The molecule has 0 saturated carbocycles. The third-order valence-corrected chi connectivity index (χ3v) is 7.46. The van der Waals surface area contributed by atoms with Crippen LogP contribution in [0.25, 0.3) is 0 Å². The average molecular weight is 411 g/mol. The molecule has 1 N–H and O–H groups in total. The van der Waals surface area contributed by atoms with Crippen LogP contribution in [-0.4, -0.2) is 42.9 Å². The van der Waals surface area contributed by atoms with Gasteiger partial charge in [0.25, 0.3) is 5.91 Å². The van der Waals surface area contributed by atoms with Crippen molar-refractivity contribution in [1.82, 2.24) is 9.29 Å². The molecule has 10 heteroatoms. The van der Waals surface area contributed by atoms with Crippen LogP contribution in [0.15, 0.2) is 29.2 Å². The Morgan fingerprint density at radius 1 is 1.33 bits per heavy atom. The van der Waals surface area contributed by atoms with E-state index in [1.54, 1.807) is 0 Å². The minimum atomic E-state index is -3.71. The summed E-state index contributed by atoms with van der Waals surface area (Å²) in [7, 11) is -3.71. The highest BCUT2D eigenvalue weighted by Crippen LogP contribution is 2.31. The summed E-state index contributed by atoms with van der Waals surface area (Å²) in [4.78, 5) is 17.4. The summed E-state index contributed by atoms with van der Waals surface area (Å²) < 4.78 is 45.3. The van der Waals surface area contributed by atoms with Gasteiger partial charge in [0.1, 0.15) is 11.9 Å². The van der Waals surface area contributed by atoms with Gasteiger partial charge in [-0.1, -0.05) is 0 Å². The van der Waals surface area contributed by atoms with Crippen molar-refractivity contribution in [3.05, 3.63) is 40.7 Å². The number of ether oxygens (including phenoxy) is 1. The maximum Gasteiger partial charge on any atom is 0.255 e. The zero-order valence-electron chi connectivity index (χ0n) is 14.4. The molecule has 0 bridgehead atoms. The monoisotopic (exact) mass is 411 g/mol. The molecule has 1 aromatic heterocycles. The van der Waals surface area contributed by atoms with Crippen LogP contribution in [0.5, 0.6) is 0 Å². The first kappa shape index (κ1) is 18.5. The fourth-order valence-electron chi connectivity index (χ4n) is 3.16. The van der Waals surface area contributed by atoms with Crippen molar-refractivity contribution in [2.24, 2.45) is 0 Å². The quantitative estimate of drug-likeness (QED) is 0.833. The number of fused-ring (bicyclic) bond motifs is 1. The number of thiazole rings is 1. The van der Waals surface area contributed by atoms with E-state index in [9.17, 15) is 17.6 Å². The smallest absolute Gasteiger partial charge is 0.255 e. The number of hydrogen-bond donors (Lipinski definition) is 1. The van der Waals surface area contributed by atoms with Gasteiger partial charge in [0, 0.05) is 24.4 Å². The molecule has 0 spiro atoms. The number of anilines is 1. The van der Waals surface area contributed by atoms with Crippen molar-refractivity contribution in [2.75, 3.05) is 18.5 Å². The number of hydrogen-bond acceptors (Lipinski definition) is 6. The molecule has 7 nitrogen and oxygen atoms in total. The first-order chi connectivity index (χ1) is 12.9. The standard InChI is InChI=1S/C17H18FN3O4S2/c18-11-3-5-12(6-4-11)27(23,24)21-8-7-13-15(10-21)26-17(19-13)20-16(22)14-2-1-9-25-14/h3-6,14H,1-2,7-10H2,(H,19,20,22). The molecule has 1 unspecified atom stereocenters. The number of nitrogens with zero attached hydrogens (tertiary/aromatic N) is 2. The van der Waals surface area contributed by atoms with E-state index in [1.165, 1.54) is 27.8 Å². The van der Waals surface area contributed by atoms with E-state index >= 15 is 0 Å². The van der Waals surface area contributed by atoms with Crippen molar-refractivity contribution in [1.29, 1.82) is 0 Å². The highest BCUT2D eigenvalue weighted by atomic mass is 32.2. The molecule has 1 fully saturated rings. The molecular formula is C17H18FN3O4S2. The summed E-state index contributed by atoms with van der Waals surface area (Å²) in [6.45, 7) is 1.06. The molecule has 4 rings (SSSR count). The number of benzene rings is 1. The van der Waals surface area contributed by atoms with E-state index in [-0.39, 0.29) is 23.9 Å². The number of rotatable bonds is 4. The van der Waals surface area contributed by atoms with Crippen molar-refractivity contribution in [2.45, 2.75) is 36.8 Å². The van der Waals surface area contributed by atoms with E-state index in [4.69, 9.17) is 4.74 Å². The molecule has 2 aromatic rings. The van der Waals surface area contributed by atoms with E-state index in [0.717, 1.165) is 29.1 Å². The molecule has 144 valence electrons. The summed E-state index contributed by atoms with van der Waals surface area (Å²) >= 11 is 1.28. The summed E-state index contributed by atoms with van der Waals surface area (Å²) in [5.41, 5.74) is 0.799. The van der Waals surface area contributed by atoms with Crippen LogP contribution in [0, 0.1) is 5.82 Å². The van der Waals surface area contributed by atoms with Gasteiger partial charge in [-0.2, -0.15) is 4.31 Å². The predicted molar refractivity (Wildman–Crippen MR) is 97.4 cm³/mol. The Kier molecular flexibility index (Phi) is 4.97. The third kappa shape index (κ3) is 3.75. The SMILES string of the molecule is O=C(Nc1nc2c(s1)CN(S(=O)(=O)c1ccc(F)cc1)CC2)C1CCCO1. The van der Waals surface area contributed by atoms with E-state index in [2.05, 4.69) is 10.3 Å². The minimum Gasteiger partial charge on any atom is -0.368 e.